The number of rotatable bonds is 6. The molecule has 4 aliphatic rings. The number of Topliss-reactive ketones (excluding diaryl/α,β-unsaturated/α-hetero) is 1. The summed E-state index contributed by atoms with van der Waals surface area (Å²) in [4.78, 5) is 12.1. The van der Waals surface area contributed by atoms with Gasteiger partial charge in [0.15, 0.2) is 0 Å². The summed E-state index contributed by atoms with van der Waals surface area (Å²) in [5, 5.41) is 9.32. The number of fused-ring (bicyclic) bond motifs is 5. The van der Waals surface area contributed by atoms with Crippen LogP contribution in [0.1, 0.15) is 105 Å². The smallest absolute Gasteiger partial charge is 0.133 e. The van der Waals surface area contributed by atoms with Gasteiger partial charge < -0.3 is 5.11 Å². The normalized spacial score (nSPS) is 46.5. The fourth-order valence-corrected chi connectivity index (χ4v) is 9.10. The SMILES string of the molecule is C[C@H](CO)CCC[C@@H](C)[C@H]1CC[C@H]2[C@@H]3CCC4CC(=O)CC[C@]4(C)[C@H]3CC[C@]12C. The molecule has 9 atom stereocenters. The lowest BCUT2D eigenvalue weighted by Gasteiger charge is -2.60. The zero-order valence-corrected chi connectivity index (χ0v) is 19.6. The molecule has 4 rings (SSSR count). The molecule has 2 nitrogen and oxygen atoms in total. The molecular formula is C27H46O2. The Labute approximate surface area is 179 Å². The fourth-order valence-electron chi connectivity index (χ4n) is 9.10. The Hall–Kier alpha value is -0.370. The summed E-state index contributed by atoms with van der Waals surface area (Å²) < 4.78 is 0. The van der Waals surface area contributed by atoms with Crippen LogP contribution >= 0.6 is 0 Å². The number of carbonyl (C=O) groups is 1. The molecule has 0 aromatic heterocycles. The van der Waals surface area contributed by atoms with Crippen molar-refractivity contribution in [3.05, 3.63) is 0 Å². The summed E-state index contributed by atoms with van der Waals surface area (Å²) in [5.74, 6) is 6.14. The third kappa shape index (κ3) is 3.74. The van der Waals surface area contributed by atoms with E-state index in [0.717, 1.165) is 42.4 Å². The van der Waals surface area contributed by atoms with Crippen LogP contribution in [0.25, 0.3) is 0 Å². The highest BCUT2D eigenvalue weighted by molar-refractivity contribution is 5.79. The van der Waals surface area contributed by atoms with Gasteiger partial charge in [-0.15, -0.1) is 0 Å². The average molecular weight is 403 g/mol. The van der Waals surface area contributed by atoms with E-state index in [4.69, 9.17) is 0 Å². The molecule has 0 aromatic carbocycles. The third-order valence-electron chi connectivity index (χ3n) is 10.9. The van der Waals surface area contributed by atoms with Crippen molar-refractivity contribution in [2.75, 3.05) is 6.61 Å². The molecule has 0 heterocycles. The van der Waals surface area contributed by atoms with E-state index >= 15 is 0 Å². The van der Waals surface area contributed by atoms with Gasteiger partial charge in [-0.3, -0.25) is 4.79 Å². The zero-order chi connectivity index (χ0) is 20.8. The Morgan fingerprint density at radius 1 is 0.966 bits per heavy atom. The maximum absolute atomic E-state index is 12.1. The molecule has 29 heavy (non-hydrogen) atoms. The minimum absolute atomic E-state index is 0.339. The highest BCUT2D eigenvalue weighted by Gasteiger charge is 2.60. The number of ketones is 1. The average Bonchev–Trinajstić information content (AvgIpc) is 3.05. The highest BCUT2D eigenvalue weighted by atomic mass is 16.3. The molecule has 0 spiro atoms. The van der Waals surface area contributed by atoms with Crippen LogP contribution in [-0.4, -0.2) is 17.5 Å². The number of hydrogen-bond donors (Lipinski definition) is 1. The summed E-state index contributed by atoms with van der Waals surface area (Å²) in [7, 11) is 0. The second-order valence-corrected chi connectivity index (χ2v) is 12.3. The summed E-state index contributed by atoms with van der Waals surface area (Å²) in [6, 6.07) is 0. The van der Waals surface area contributed by atoms with Crippen molar-refractivity contribution < 1.29 is 9.90 Å². The quantitative estimate of drug-likeness (QED) is 0.540. The second kappa shape index (κ2) is 8.29. The first-order valence-corrected chi connectivity index (χ1v) is 12.9. The molecule has 0 radical (unpaired) electrons. The van der Waals surface area contributed by atoms with Gasteiger partial charge in [0.1, 0.15) is 5.78 Å². The van der Waals surface area contributed by atoms with Gasteiger partial charge >= 0.3 is 0 Å². The molecule has 0 amide bonds. The van der Waals surface area contributed by atoms with Gasteiger partial charge in [-0.1, -0.05) is 40.5 Å². The molecule has 0 saturated heterocycles. The van der Waals surface area contributed by atoms with E-state index in [0.29, 0.717) is 35.1 Å². The predicted molar refractivity (Wildman–Crippen MR) is 119 cm³/mol. The maximum Gasteiger partial charge on any atom is 0.133 e. The summed E-state index contributed by atoms with van der Waals surface area (Å²) in [6.45, 7) is 10.3. The van der Waals surface area contributed by atoms with Crippen molar-refractivity contribution in [3.63, 3.8) is 0 Å². The van der Waals surface area contributed by atoms with Crippen LogP contribution < -0.4 is 0 Å². The van der Waals surface area contributed by atoms with Gasteiger partial charge in [0.25, 0.3) is 0 Å². The minimum atomic E-state index is 0.339. The first-order chi connectivity index (χ1) is 13.8. The van der Waals surface area contributed by atoms with Gasteiger partial charge in [0, 0.05) is 19.4 Å². The van der Waals surface area contributed by atoms with E-state index < -0.39 is 0 Å². The Kier molecular flexibility index (Phi) is 6.24. The van der Waals surface area contributed by atoms with Crippen molar-refractivity contribution in [2.45, 2.75) is 105 Å². The van der Waals surface area contributed by atoms with E-state index in [1.54, 1.807) is 0 Å². The van der Waals surface area contributed by atoms with E-state index in [9.17, 15) is 9.90 Å². The first-order valence-electron chi connectivity index (χ1n) is 12.9. The van der Waals surface area contributed by atoms with Crippen molar-refractivity contribution in [3.8, 4) is 0 Å². The van der Waals surface area contributed by atoms with Crippen LogP contribution in [0.3, 0.4) is 0 Å². The Bertz CT molecular complexity index is 599. The molecule has 0 aromatic rings. The number of aliphatic hydroxyl groups excluding tert-OH is 1. The lowest BCUT2D eigenvalue weighted by molar-refractivity contribution is -0.140. The van der Waals surface area contributed by atoms with E-state index in [-0.39, 0.29) is 0 Å². The molecule has 0 aliphatic heterocycles. The molecule has 0 bridgehead atoms. The van der Waals surface area contributed by atoms with Crippen molar-refractivity contribution in [1.29, 1.82) is 0 Å². The maximum atomic E-state index is 12.1. The van der Waals surface area contributed by atoms with E-state index in [1.165, 1.54) is 64.2 Å². The number of aliphatic hydroxyl groups is 1. The van der Waals surface area contributed by atoms with Crippen LogP contribution in [0.5, 0.6) is 0 Å². The van der Waals surface area contributed by atoms with Gasteiger partial charge in [-0.25, -0.2) is 0 Å². The fraction of sp³-hybridized carbons (Fsp3) is 0.963. The standard InChI is InChI=1S/C27H46O2/c1-18(17-28)6-5-7-19(2)23-10-11-24-22-9-8-20-16-21(29)12-14-26(20,3)25(22)13-15-27(23,24)4/h18-20,22-25,28H,5-17H2,1-4H3/t18-,19+,20?,22-,23+,24-,25-,26-,27+/m0/s1. The molecule has 2 heteroatoms. The van der Waals surface area contributed by atoms with Crippen molar-refractivity contribution in [2.24, 2.45) is 52.3 Å². The van der Waals surface area contributed by atoms with Crippen LogP contribution in [0.4, 0.5) is 0 Å². The van der Waals surface area contributed by atoms with Crippen LogP contribution in [0, 0.1) is 52.3 Å². The lowest BCUT2D eigenvalue weighted by Crippen LogP contribution is -2.53. The van der Waals surface area contributed by atoms with Gasteiger partial charge in [0.05, 0.1) is 0 Å². The third-order valence-corrected chi connectivity index (χ3v) is 10.9. The first kappa shape index (κ1) is 21.8. The molecule has 166 valence electrons. The Morgan fingerprint density at radius 3 is 2.48 bits per heavy atom. The van der Waals surface area contributed by atoms with E-state index in [2.05, 4.69) is 27.7 Å². The zero-order valence-electron chi connectivity index (χ0n) is 19.6. The molecule has 1 N–H and O–H groups in total. The van der Waals surface area contributed by atoms with Crippen LogP contribution in [0.2, 0.25) is 0 Å². The Morgan fingerprint density at radius 2 is 1.72 bits per heavy atom. The molecule has 4 fully saturated rings. The van der Waals surface area contributed by atoms with E-state index in [1.807, 2.05) is 0 Å². The van der Waals surface area contributed by atoms with Crippen LogP contribution in [-0.2, 0) is 4.79 Å². The highest BCUT2D eigenvalue weighted by Crippen LogP contribution is 2.68. The molecule has 1 unspecified atom stereocenters. The topological polar surface area (TPSA) is 37.3 Å². The summed E-state index contributed by atoms with van der Waals surface area (Å²) in [5.41, 5.74) is 0.999. The minimum Gasteiger partial charge on any atom is -0.396 e. The van der Waals surface area contributed by atoms with Gasteiger partial charge in [0.2, 0.25) is 0 Å². The van der Waals surface area contributed by atoms with Gasteiger partial charge in [-0.2, -0.15) is 0 Å². The summed E-state index contributed by atoms with van der Waals surface area (Å²) >= 11 is 0. The van der Waals surface area contributed by atoms with Crippen molar-refractivity contribution >= 4 is 5.78 Å². The number of carbonyl (C=O) groups excluding carboxylic acids is 1. The predicted octanol–water partition coefficient (Wildman–Crippen LogP) is 6.65. The number of hydrogen-bond acceptors (Lipinski definition) is 2. The van der Waals surface area contributed by atoms with Crippen molar-refractivity contribution in [1.82, 2.24) is 0 Å². The molecular weight excluding hydrogens is 356 g/mol. The van der Waals surface area contributed by atoms with Crippen LogP contribution in [0.15, 0.2) is 0 Å². The molecule has 4 saturated carbocycles. The largest absolute Gasteiger partial charge is 0.396 e. The Balaban J connectivity index is 1.44. The lowest BCUT2D eigenvalue weighted by atomic mass is 9.44. The summed E-state index contributed by atoms with van der Waals surface area (Å²) in [6.07, 6.45) is 15.2. The second-order valence-electron chi connectivity index (χ2n) is 12.3. The van der Waals surface area contributed by atoms with Gasteiger partial charge in [-0.05, 0) is 104 Å². The monoisotopic (exact) mass is 402 g/mol. The molecule has 4 aliphatic carbocycles.